The van der Waals surface area contributed by atoms with Crippen molar-refractivity contribution in [2.45, 2.75) is 19.9 Å². The molecule has 0 fully saturated rings. The van der Waals surface area contributed by atoms with E-state index >= 15 is 0 Å². The molecule has 1 amide bonds. The summed E-state index contributed by atoms with van der Waals surface area (Å²) in [6, 6.07) is 21.9. The normalized spacial score (nSPS) is 10.4. The minimum absolute atomic E-state index is 0.169. The van der Waals surface area contributed by atoms with Crippen LogP contribution in [0, 0.1) is 0 Å². The molecule has 3 aromatic rings. The molecule has 0 saturated heterocycles. The second-order valence-electron chi connectivity index (χ2n) is 6.72. The number of nitrogens with zero attached hydrogens (tertiary/aromatic N) is 2. The quantitative estimate of drug-likeness (QED) is 0.599. The summed E-state index contributed by atoms with van der Waals surface area (Å²) in [5.41, 5.74) is 3.71. The van der Waals surface area contributed by atoms with E-state index in [1.165, 1.54) is 5.56 Å². The van der Waals surface area contributed by atoms with E-state index in [1.807, 2.05) is 54.6 Å². The van der Waals surface area contributed by atoms with Crippen LogP contribution in [-0.4, -0.2) is 31.1 Å². The number of carbonyl (C=O) groups excluding carboxylic acids is 1. The SMILES string of the molecule is CCN(Cc1ccccc1)c1ccnc(C(=O)NCCc2ccccc2OC)c1. The maximum absolute atomic E-state index is 12.6. The zero-order chi connectivity index (χ0) is 20.5. The predicted octanol–water partition coefficient (Wildman–Crippen LogP) is 4.09. The molecule has 2 aromatic carbocycles. The summed E-state index contributed by atoms with van der Waals surface area (Å²) in [4.78, 5) is 19.1. The van der Waals surface area contributed by atoms with Gasteiger partial charge in [0.1, 0.15) is 11.4 Å². The van der Waals surface area contributed by atoms with E-state index in [-0.39, 0.29) is 5.91 Å². The fraction of sp³-hybridized carbons (Fsp3) is 0.250. The number of methoxy groups -OCH3 is 1. The third kappa shape index (κ3) is 5.57. The van der Waals surface area contributed by atoms with Gasteiger partial charge in [-0.05, 0) is 42.7 Å². The topological polar surface area (TPSA) is 54.5 Å². The van der Waals surface area contributed by atoms with Crippen molar-refractivity contribution in [2.24, 2.45) is 0 Å². The molecule has 0 bridgehead atoms. The Balaban J connectivity index is 1.62. The van der Waals surface area contributed by atoms with Crippen LogP contribution >= 0.6 is 0 Å². The monoisotopic (exact) mass is 389 g/mol. The summed E-state index contributed by atoms with van der Waals surface area (Å²) in [5.74, 6) is 0.666. The first kappa shape index (κ1) is 20.4. The number of benzene rings is 2. The summed E-state index contributed by atoms with van der Waals surface area (Å²) >= 11 is 0. The number of pyridine rings is 1. The van der Waals surface area contributed by atoms with Crippen LogP contribution in [0.25, 0.3) is 0 Å². The summed E-state index contributed by atoms with van der Waals surface area (Å²) in [5, 5.41) is 2.96. The molecule has 1 N–H and O–H groups in total. The third-order valence-electron chi connectivity index (χ3n) is 4.81. The highest BCUT2D eigenvalue weighted by molar-refractivity contribution is 5.93. The number of rotatable bonds is 9. The lowest BCUT2D eigenvalue weighted by molar-refractivity contribution is 0.0949. The van der Waals surface area contributed by atoms with Gasteiger partial charge in [-0.3, -0.25) is 9.78 Å². The fourth-order valence-electron chi connectivity index (χ4n) is 3.24. The van der Waals surface area contributed by atoms with Crippen molar-refractivity contribution in [3.8, 4) is 5.75 Å². The Morgan fingerprint density at radius 2 is 1.83 bits per heavy atom. The number of hydrogen-bond donors (Lipinski definition) is 1. The van der Waals surface area contributed by atoms with Crippen molar-refractivity contribution in [1.29, 1.82) is 0 Å². The van der Waals surface area contributed by atoms with E-state index in [4.69, 9.17) is 4.74 Å². The molecule has 29 heavy (non-hydrogen) atoms. The van der Waals surface area contributed by atoms with Crippen LogP contribution in [0.1, 0.15) is 28.5 Å². The second kappa shape index (κ2) is 10.3. The zero-order valence-corrected chi connectivity index (χ0v) is 17.0. The Labute approximate surface area is 172 Å². The van der Waals surface area contributed by atoms with Crippen LogP contribution < -0.4 is 15.0 Å². The van der Waals surface area contributed by atoms with Gasteiger partial charge in [0, 0.05) is 31.5 Å². The van der Waals surface area contributed by atoms with Crippen molar-refractivity contribution in [3.63, 3.8) is 0 Å². The Hall–Kier alpha value is -3.34. The largest absolute Gasteiger partial charge is 0.496 e. The van der Waals surface area contributed by atoms with Gasteiger partial charge in [-0.1, -0.05) is 48.5 Å². The molecule has 0 aliphatic heterocycles. The molecule has 0 atom stereocenters. The highest BCUT2D eigenvalue weighted by Gasteiger charge is 2.12. The fourth-order valence-corrected chi connectivity index (χ4v) is 3.24. The average Bonchev–Trinajstić information content (AvgIpc) is 2.78. The van der Waals surface area contributed by atoms with Gasteiger partial charge in [0.25, 0.3) is 5.91 Å². The number of hydrogen-bond acceptors (Lipinski definition) is 4. The molecule has 150 valence electrons. The summed E-state index contributed by atoms with van der Waals surface area (Å²) in [6.07, 6.45) is 2.39. The van der Waals surface area contributed by atoms with Gasteiger partial charge in [0.2, 0.25) is 0 Å². The number of aromatic nitrogens is 1. The summed E-state index contributed by atoms with van der Waals surface area (Å²) < 4.78 is 5.36. The van der Waals surface area contributed by atoms with E-state index in [0.717, 1.165) is 30.1 Å². The van der Waals surface area contributed by atoms with Crippen LogP contribution in [-0.2, 0) is 13.0 Å². The number of anilines is 1. The standard InChI is InChI=1S/C24H27N3O2/c1-3-27(18-19-9-5-4-6-10-19)21-14-16-25-22(17-21)24(28)26-15-13-20-11-7-8-12-23(20)29-2/h4-12,14,16-17H,3,13,15,18H2,1-2H3,(H,26,28). The second-order valence-corrected chi connectivity index (χ2v) is 6.72. The molecule has 1 heterocycles. The zero-order valence-electron chi connectivity index (χ0n) is 17.0. The van der Waals surface area contributed by atoms with Crippen molar-refractivity contribution >= 4 is 11.6 Å². The average molecular weight is 389 g/mol. The van der Waals surface area contributed by atoms with Gasteiger partial charge in [0.15, 0.2) is 0 Å². The number of para-hydroxylation sites is 1. The van der Waals surface area contributed by atoms with Gasteiger partial charge < -0.3 is 15.0 Å². The lowest BCUT2D eigenvalue weighted by Gasteiger charge is -2.23. The molecule has 1 aromatic heterocycles. The first-order valence-electron chi connectivity index (χ1n) is 9.86. The highest BCUT2D eigenvalue weighted by atomic mass is 16.5. The molecule has 0 aliphatic carbocycles. The van der Waals surface area contributed by atoms with E-state index in [2.05, 4.69) is 34.3 Å². The molecular formula is C24H27N3O2. The molecule has 0 aliphatic rings. The van der Waals surface area contributed by atoms with Crippen LogP contribution in [0.4, 0.5) is 5.69 Å². The van der Waals surface area contributed by atoms with Gasteiger partial charge in [0.05, 0.1) is 7.11 Å². The van der Waals surface area contributed by atoms with E-state index in [0.29, 0.717) is 18.7 Å². The Morgan fingerprint density at radius 3 is 2.59 bits per heavy atom. The molecule has 0 spiro atoms. The van der Waals surface area contributed by atoms with Gasteiger partial charge in [-0.2, -0.15) is 0 Å². The van der Waals surface area contributed by atoms with Gasteiger partial charge in [-0.25, -0.2) is 0 Å². The van der Waals surface area contributed by atoms with E-state index < -0.39 is 0 Å². The number of nitrogens with one attached hydrogen (secondary N) is 1. The van der Waals surface area contributed by atoms with Crippen LogP contribution in [0.3, 0.4) is 0 Å². The third-order valence-corrected chi connectivity index (χ3v) is 4.81. The Kier molecular flexibility index (Phi) is 7.22. The smallest absolute Gasteiger partial charge is 0.269 e. The maximum atomic E-state index is 12.6. The molecule has 0 unspecified atom stereocenters. The molecule has 0 saturated carbocycles. The van der Waals surface area contributed by atoms with E-state index in [1.54, 1.807) is 13.3 Å². The number of carbonyl (C=O) groups is 1. The predicted molar refractivity (Wildman–Crippen MR) is 116 cm³/mol. The number of ether oxygens (including phenoxy) is 1. The lowest BCUT2D eigenvalue weighted by Crippen LogP contribution is -2.27. The van der Waals surface area contributed by atoms with Crippen LogP contribution in [0.2, 0.25) is 0 Å². The molecule has 0 radical (unpaired) electrons. The Bertz CT molecular complexity index is 928. The van der Waals surface area contributed by atoms with Crippen molar-refractivity contribution < 1.29 is 9.53 Å². The van der Waals surface area contributed by atoms with Crippen LogP contribution in [0.15, 0.2) is 72.9 Å². The molecule has 5 heteroatoms. The summed E-state index contributed by atoms with van der Waals surface area (Å²) in [6.45, 7) is 4.26. The van der Waals surface area contributed by atoms with Gasteiger partial charge >= 0.3 is 0 Å². The highest BCUT2D eigenvalue weighted by Crippen LogP contribution is 2.19. The minimum Gasteiger partial charge on any atom is -0.496 e. The first-order valence-corrected chi connectivity index (χ1v) is 9.86. The lowest BCUT2D eigenvalue weighted by atomic mass is 10.1. The van der Waals surface area contributed by atoms with E-state index in [9.17, 15) is 4.79 Å². The maximum Gasteiger partial charge on any atom is 0.269 e. The molecule has 5 nitrogen and oxygen atoms in total. The summed E-state index contributed by atoms with van der Waals surface area (Å²) in [7, 11) is 1.65. The number of amides is 1. The first-order chi connectivity index (χ1) is 14.2. The van der Waals surface area contributed by atoms with Crippen molar-refractivity contribution in [3.05, 3.63) is 89.7 Å². The molecular weight excluding hydrogens is 362 g/mol. The van der Waals surface area contributed by atoms with Gasteiger partial charge in [-0.15, -0.1) is 0 Å². The van der Waals surface area contributed by atoms with Crippen molar-refractivity contribution in [2.75, 3.05) is 25.1 Å². The minimum atomic E-state index is -0.169. The van der Waals surface area contributed by atoms with Crippen LogP contribution in [0.5, 0.6) is 5.75 Å². The molecule has 3 rings (SSSR count). The van der Waals surface area contributed by atoms with Crippen molar-refractivity contribution in [1.82, 2.24) is 10.3 Å². The Morgan fingerprint density at radius 1 is 1.07 bits per heavy atom.